The van der Waals surface area contributed by atoms with Crippen LogP contribution in [0, 0.1) is 12.8 Å². The predicted molar refractivity (Wildman–Crippen MR) is 117 cm³/mol. The lowest BCUT2D eigenvalue weighted by molar-refractivity contribution is -0.133. The minimum Gasteiger partial charge on any atom is -0.340 e. The number of carbonyl (C=O) groups is 1. The van der Waals surface area contributed by atoms with Crippen molar-refractivity contribution in [3.05, 3.63) is 36.3 Å². The number of aromatic nitrogens is 3. The Balaban J connectivity index is 1.40. The lowest BCUT2D eigenvalue weighted by atomic mass is 9.86. The lowest BCUT2D eigenvalue weighted by Gasteiger charge is -2.35. The number of sulfonamides is 1. The molecular weight excluding hydrogens is 414 g/mol. The van der Waals surface area contributed by atoms with Crippen molar-refractivity contribution >= 4 is 15.9 Å². The highest BCUT2D eigenvalue weighted by molar-refractivity contribution is 7.89. The van der Waals surface area contributed by atoms with Gasteiger partial charge in [-0.2, -0.15) is 4.31 Å². The molecule has 0 radical (unpaired) electrons. The first kappa shape index (κ1) is 21.8. The van der Waals surface area contributed by atoms with E-state index < -0.39 is 10.0 Å². The molecule has 0 aromatic carbocycles. The Kier molecular flexibility index (Phi) is 6.62. The second-order valence-corrected chi connectivity index (χ2v) is 10.3. The van der Waals surface area contributed by atoms with Crippen LogP contribution in [0.2, 0.25) is 0 Å². The number of amides is 1. The van der Waals surface area contributed by atoms with E-state index in [-0.39, 0.29) is 10.8 Å². The molecule has 166 valence electrons. The van der Waals surface area contributed by atoms with E-state index in [9.17, 15) is 13.2 Å². The summed E-state index contributed by atoms with van der Waals surface area (Å²) in [6.07, 6.45) is 9.56. The van der Waals surface area contributed by atoms with Crippen molar-refractivity contribution in [1.82, 2.24) is 24.2 Å². The summed E-state index contributed by atoms with van der Waals surface area (Å²) in [5.74, 6) is 1.04. The molecular formula is C22H29N5O3S. The minimum absolute atomic E-state index is 0.106. The largest absolute Gasteiger partial charge is 0.340 e. The average molecular weight is 444 g/mol. The van der Waals surface area contributed by atoms with E-state index in [1.54, 1.807) is 25.3 Å². The summed E-state index contributed by atoms with van der Waals surface area (Å²) < 4.78 is 27.8. The van der Waals surface area contributed by atoms with Gasteiger partial charge in [0.1, 0.15) is 10.6 Å². The van der Waals surface area contributed by atoms with Crippen molar-refractivity contribution in [1.29, 1.82) is 0 Å². The molecule has 9 heteroatoms. The van der Waals surface area contributed by atoms with Gasteiger partial charge in [-0.1, -0.05) is 25.3 Å². The number of nitrogens with zero attached hydrogens (tertiary/aromatic N) is 5. The summed E-state index contributed by atoms with van der Waals surface area (Å²) in [6, 6.07) is 5.42. The Morgan fingerprint density at radius 1 is 1.06 bits per heavy atom. The molecule has 0 bridgehead atoms. The van der Waals surface area contributed by atoms with Crippen LogP contribution in [0.15, 0.2) is 35.5 Å². The van der Waals surface area contributed by atoms with Gasteiger partial charge in [-0.15, -0.1) is 0 Å². The molecule has 2 fully saturated rings. The number of hydrogen-bond donors (Lipinski definition) is 0. The number of piperazine rings is 1. The van der Waals surface area contributed by atoms with Crippen LogP contribution in [0.1, 0.15) is 44.2 Å². The van der Waals surface area contributed by atoms with Crippen molar-refractivity contribution < 1.29 is 13.2 Å². The molecule has 1 aliphatic heterocycles. The molecule has 3 heterocycles. The van der Waals surface area contributed by atoms with Crippen LogP contribution in [0.5, 0.6) is 0 Å². The van der Waals surface area contributed by atoms with E-state index in [2.05, 4.69) is 15.0 Å². The van der Waals surface area contributed by atoms with Crippen molar-refractivity contribution in [3.63, 3.8) is 0 Å². The second kappa shape index (κ2) is 9.40. The molecule has 31 heavy (non-hydrogen) atoms. The van der Waals surface area contributed by atoms with Crippen LogP contribution in [0.3, 0.4) is 0 Å². The van der Waals surface area contributed by atoms with Gasteiger partial charge in [-0.25, -0.2) is 18.4 Å². The van der Waals surface area contributed by atoms with Crippen LogP contribution >= 0.6 is 0 Å². The number of hydrogen-bond acceptors (Lipinski definition) is 6. The first-order chi connectivity index (χ1) is 14.9. The number of aryl methyl sites for hydroxylation is 1. The first-order valence-corrected chi connectivity index (χ1v) is 12.4. The van der Waals surface area contributed by atoms with Gasteiger partial charge in [-0.3, -0.25) is 9.78 Å². The zero-order valence-corrected chi connectivity index (χ0v) is 18.7. The maximum absolute atomic E-state index is 13.2. The molecule has 1 amide bonds. The topological polar surface area (TPSA) is 96.4 Å². The van der Waals surface area contributed by atoms with Crippen LogP contribution in [-0.4, -0.2) is 64.7 Å². The average Bonchev–Trinajstić information content (AvgIpc) is 2.80. The van der Waals surface area contributed by atoms with Crippen LogP contribution in [-0.2, 0) is 14.8 Å². The van der Waals surface area contributed by atoms with Crippen molar-refractivity contribution in [3.8, 4) is 11.5 Å². The smallest absolute Gasteiger partial charge is 0.246 e. The highest BCUT2D eigenvalue weighted by Gasteiger charge is 2.32. The summed E-state index contributed by atoms with van der Waals surface area (Å²) in [4.78, 5) is 27.4. The molecule has 0 atom stereocenters. The zero-order valence-electron chi connectivity index (χ0n) is 17.9. The fourth-order valence-corrected chi connectivity index (χ4v) is 5.94. The quantitative estimate of drug-likeness (QED) is 0.705. The van der Waals surface area contributed by atoms with Gasteiger partial charge in [0, 0.05) is 38.8 Å². The number of rotatable bonds is 5. The predicted octanol–water partition coefficient (Wildman–Crippen LogP) is 2.65. The summed E-state index contributed by atoms with van der Waals surface area (Å²) in [5, 5.41) is 0. The normalized spacial score (nSPS) is 18.8. The van der Waals surface area contributed by atoms with Crippen LogP contribution < -0.4 is 0 Å². The molecule has 1 saturated carbocycles. The van der Waals surface area contributed by atoms with Gasteiger partial charge < -0.3 is 4.90 Å². The molecule has 2 aliphatic rings. The third kappa shape index (κ3) is 4.93. The summed E-state index contributed by atoms with van der Waals surface area (Å²) in [5.41, 5.74) is 0.992. The third-order valence-corrected chi connectivity index (χ3v) is 8.23. The standard InChI is InChI=1S/C22H29N5O3S/c1-17-20(16-24-22(25-17)19-9-5-6-10-23-19)31(29,30)27-13-11-26(12-14-27)21(28)15-18-7-3-2-4-8-18/h5-6,9-10,16,18H,2-4,7-8,11-15H2,1H3. The van der Waals surface area contributed by atoms with E-state index in [1.165, 1.54) is 29.8 Å². The van der Waals surface area contributed by atoms with Gasteiger partial charge in [-0.05, 0) is 37.8 Å². The lowest BCUT2D eigenvalue weighted by Crippen LogP contribution is -2.50. The second-order valence-electron chi connectivity index (χ2n) is 8.35. The molecule has 1 saturated heterocycles. The summed E-state index contributed by atoms with van der Waals surface area (Å²) >= 11 is 0. The Morgan fingerprint density at radius 3 is 2.45 bits per heavy atom. The highest BCUT2D eigenvalue weighted by Crippen LogP contribution is 2.27. The molecule has 0 spiro atoms. The van der Waals surface area contributed by atoms with Gasteiger partial charge in [0.25, 0.3) is 0 Å². The van der Waals surface area contributed by atoms with Gasteiger partial charge in [0.15, 0.2) is 5.82 Å². The van der Waals surface area contributed by atoms with E-state index in [0.29, 0.717) is 55.7 Å². The van der Waals surface area contributed by atoms with Crippen molar-refractivity contribution in [2.75, 3.05) is 26.2 Å². The van der Waals surface area contributed by atoms with Crippen molar-refractivity contribution in [2.45, 2.75) is 50.3 Å². The Morgan fingerprint density at radius 2 is 1.81 bits per heavy atom. The Bertz CT molecular complexity index is 1010. The minimum atomic E-state index is -3.72. The summed E-state index contributed by atoms with van der Waals surface area (Å²) in [6.45, 7) is 3.11. The van der Waals surface area contributed by atoms with E-state index in [4.69, 9.17) is 0 Å². The maximum atomic E-state index is 13.2. The fourth-order valence-electron chi connectivity index (χ4n) is 4.41. The first-order valence-electron chi connectivity index (χ1n) is 11.0. The summed E-state index contributed by atoms with van der Waals surface area (Å²) in [7, 11) is -3.72. The van der Waals surface area contributed by atoms with Gasteiger partial charge >= 0.3 is 0 Å². The van der Waals surface area contributed by atoms with E-state index in [0.717, 1.165) is 12.8 Å². The van der Waals surface area contributed by atoms with Crippen LogP contribution in [0.4, 0.5) is 0 Å². The Hall–Kier alpha value is -2.39. The third-order valence-electron chi connectivity index (χ3n) is 6.23. The molecule has 4 rings (SSSR count). The van der Waals surface area contributed by atoms with Crippen molar-refractivity contribution in [2.24, 2.45) is 5.92 Å². The molecule has 8 nitrogen and oxygen atoms in total. The number of pyridine rings is 1. The van der Waals surface area contributed by atoms with Gasteiger partial charge in [0.05, 0.1) is 11.9 Å². The van der Waals surface area contributed by atoms with E-state index >= 15 is 0 Å². The maximum Gasteiger partial charge on any atom is 0.246 e. The molecule has 2 aromatic heterocycles. The number of carbonyl (C=O) groups excluding carboxylic acids is 1. The Labute approximate surface area is 183 Å². The molecule has 0 unspecified atom stereocenters. The molecule has 0 N–H and O–H groups in total. The monoisotopic (exact) mass is 443 g/mol. The zero-order chi connectivity index (χ0) is 21.8. The molecule has 2 aromatic rings. The molecule has 1 aliphatic carbocycles. The van der Waals surface area contributed by atoms with E-state index in [1.807, 2.05) is 11.0 Å². The highest BCUT2D eigenvalue weighted by atomic mass is 32.2. The fraction of sp³-hybridized carbons (Fsp3) is 0.545. The van der Waals surface area contributed by atoms with Gasteiger partial charge in [0.2, 0.25) is 15.9 Å². The SMILES string of the molecule is Cc1nc(-c2ccccn2)ncc1S(=O)(=O)N1CCN(C(=O)CC2CCCCC2)CC1. The van der Waals surface area contributed by atoms with Crippen LogP contribution in [0.25, 0.3) is 11.5 Å².